The third kappa shape index (κ3) is 4.36. The molecule has 3 aromatic rings. The van der Waals surface area contributed by atoms with E-state index in [1.54, 1.807) is 26.0 Å². The van der Waals surface area contributed by atoms with Crippen molar-refractivity contribution in [2.75, 3.05) is 14.2 Å². The van der Waals surface area contributed by atoms with Crippen molar-refractivity contribution >= 4 is 27.7 Å². The average Bonchev–Trinajstić information content (AvgIpc) is 3.09. The molecule has 0 aliphatic heterocycles. The minimum Gasteiger partial charge on any atom is -0.496 e. The fourth-order valence-corrected chi connectivity index (χ4v) is 4.05. The fraction of sp³-hybridized carbons (Fsp3) is 0.200. The molecule has 0 aliphatic rings. The van der Waals surface area contributed by atoms with Crippen molar-refractivity contribution < 1.29 is 9.47 Å². The van der Waals surface area contributed by atoms with Crippen LogP contribution in [-0.2, 0) is 12.3 Å². The standard InChI is InChI=1S/C20H20BrN3O2S/c1-4-11-24-19(16-7-5-6-8-18(16)26-3)22-23-20(24)27-13-14-12-15(21)9-10-17(14)25-2/h4-10,12H,1,11,13H2,2-3H3. The van der Waals surface area contributed by atoms with Crippen molar-refractivity contribution in [3.63, 3.8) is 0 Å². The van der Waals surface area contributed by atoms with E-state index in [0.717, 1.165) is 38.1 Å². The molecule has 0 atom stereocenters. The number of aromatic nitrogens is 3. The van der Waals surface area contributed by atoms with E-state index in [1.807, 2.05) is 47.0 Å². The van der Waals surface area contributed by atoms with Gasteiger partial charge in [-0.1, -0.05) is 45.9 Å². The van der Waals surface area contributed by atoms with E-state index >= 15 is 0 Å². The molecule has 140 valence electrons. The summed E-state index contributed by atoms with van der Waals surface area (Å²) in [6.45, 7) is 4.48. The topological polar surface area (TPSA) is 49.2 Å². The summed E-state index contributed by atoms with van der Waals surface area (Å²) in [6.07, 6.45) is 1.84. The molecule has 0 aliphatic carbocycles. The number of rotatable bonds is 8. The Morgan fingerprint density at radius 2 is 1.89 bits per heavy atom. The van der Waals surface area contributed by atoms with Crippen LogP contribution in [0.25, 0.3) is 11.4 Å². The first kappa shape index (κ1) is 19.5. The van der Waals surface area contributed by atoms with Gasteiger partial charge in [0.25, 0.3) is 0 Å². The van der Waals surface area contributed by atoms with Crippen LogP contribution in [0.2, 0.25) is 0 Å². The second-order valence-electron chi connectivity index (χ2n) is 5.65. The van der Waals surface area contributed by atoms with Gasteiger partial charge in [-0.3, -0.25) is 4.57 Å². The van der Waals surface area contributed by atoms with Crippen LogP contribution in [0.1, 0.15) is 5.56 Å². The van der Waals surface area contributed by atoms with Crippen LogP contribution >= 0.6 is 27.7 Å². The number of hydrogen-bond donors (Lipinski definition) is 0. The van der Waals surface area contributed by atoms with E-state index in [1.165, 1.54) is 0 Å². The van der Waals surface area contributed by atoms with Gasteiger partial charge in [0, 0.05) is 22.3 Å². The Kier molecular flexibility index (Phi) is 6.58. The Hall–Kier alpha value is -2.25. The average molecular weight is 446 g/mol. The van der Waals surface area contributed by atoms with E-state index < -0.39 is 0 Å². The predicted octanol–water partition coefficient (Wildman–Crippen LogP) is 5.20. The minimum atomic E-state index is 0.609. The van der Waals surface area contributed by atoms with Crippen LogP contribution in [0.5, 0.6) is 11.5 Å². The molecule has 1 aromatic heterocycles. The molecule has 0 unspecified atom stereocenters. The molecule has 0 N–H and O–H groups in total. The number of hydrogen-bond acceptors (Lipinski definition) is 5. The van der Waals surface area contributed by atoms with E-state index in [4.69, 9.17) is 9.47 Å². The highest BCUT2D eigenvalue weighted by Gasteiger charge is 2.17. The number of halogens is 1. The molecule has 1 heterocycles. The first-order valence-electron chi connectivity index (χ1n) is 8.30. The largest absolute Gasteiger partial charge is 0.496 e. The number of allylic oxidation sites excluding steroid dienone is 1. The molecule has 2 aromatic carbocycles. The van der Waals surface area contributed by atoms with Crippen LogP contribution in [0.4, 0.5) is 0 Å². The zero-order chi connectivity index (χ0) is 19.2. The van der Waals surface area contributed by atoms with Crippen LogP contribution in [0, 0.1) is 0 Å². The second kappa shape index (κ2) is 9.10. The van der Waals surface area contributed by atoms with Gasteiger partial charge in [-0.2, -0.15) is 0 Å². The van der Waals surface area contributed by atoms with Gasteiger partial charge >= 0.3 is 0 Å². The molecule has 3 rings (SSSR count). The van der Waals surface area contributed by atoms with Crippen molar-refractivity contribution in [3.05, 3.63) is 65.2 Å². The van der Waals surface area contributed by atoms with Crippen molar-refractivity contribution in [1.29, 1.82) is 0 Å². The second-order valence-corrected chi connectivity index (χ2v) is 7.51. The van der Waals surface area contributed by atoms with Gasteiger partial charge in [-0.05, 0) is 30.3 Å². The summed E-state index contributed by atoms with van der Waals surface area (Å²) in [4.78, 5) is 0. The van der Waals surface area contributed by atoms with Gasteiger partial charge in [-0.25, -0.2) is 0 Å². The van der Waals surface area contributed by atoms with Crippen LogP contribution in [0.3, 0.4) is 0 Å². The molecule has 0 fully saturated rings. The predicted molar refractivity (Wildman–Crippen MR) is 112 cm³/mol. The van der Waals surface area contributed by atoms with Crippen LogP contribution in [-0.4, -0.2) is 29.0 Å². The van der Waals surface area contributed by atoms with E-state index in [9.17, 15) is 0 Å². The lowest BCUT2D eigenvalue weighted by atomic mass is 10.2. The monoisotopic (exact) mass is 445 g/mol. The summed E-state index contributed by atoms with van der Waals surface area (Å²) in [5.74, 6) is 3.09. The summed E-state index contributed by atoms with van der Waals surface area (Å²) in [6, 6.07) is 13.8. The first-order chi connectivity index (χ1) is 13.2. The molecule has 7 heteroatoms. The molecule has 0 bridgehead atoms. The third-order valence-corrected chi connectivity index (χ3v) is 5.48. The summed E-state index contributed by atoms with van der Waals surface area (Å²) in [7, 11) is 3.33. The highest BCUT2D eigenvalue weighted by atomic mass is 79.9. The van der Waals surface area contributed by atoms with Crippen molar-refractivity contribution in [1.82, 2.24) is 14.8 Å². The highest BCUT2D eigenvalue weighted by molar-refractivity contribution is 9.10. The SMILES string of the molecule is C=CCn1c(SCc2cc(Br)ccc2OC)nnc1-c1ccccc1OC. The number of methoxy groups -OCH3 is 2. The molecule has 0 spiro atoms. The molecule has 0 amide bonds. The van der Waals surface area contributed by atoms with Gasteiger partial charge in [0.15, 0.2) is 11.0 Å². The van der Waals surface area contributed by atoms with Crippen LogP contribution in [0.15, 0.2) is 64.7 Å². The number of thioether (sulfide) groups is 1. The Labute approximate surface area is 171 Å². The maximum Gasteiger partial charge on any atom is 0.192 e. The number of para-hydroxylation sites is 1. The smallest absolute Gasteiger partial charge is 0.192 e. The zero-order valence-corrected chi connectivity index (χ0v) is 17.6. The maximum atomic E-state index is 5.48. The Bertz CT molecular complexity index is 943. The molecule has 0 saturated carbocycles. The lowest BCUT2D eigenvalue weighted by molar-refractivity contribution is 0.411. The summed E-state index contributed by atoms with van der Waals surface area (Å²) < 4.78 is 14.0. The van der Waals surface area contributed by atoms with Gasteiger partial charge < -0.3 is 9.47 Å². The lowest BCUT2D eigenvalue weighted by Crippen LogP contribution is -2.02. The van der Waals surface area contributed by atoms with Gasteiger partial charge in [-0.15, -0.1) is 16.8 Å². The normalized spacial score (nSPS) is 10.6. The van der Waals surface area contributed by atoms with Gasteiger partial charge in [0.1, 0.15) is 11.5 Å². The number of benzene rings is 2. The quantitative estimate of drug-likeness (QED) is 0.352. The van der Waals surface area contributed by atoms with E-state index in [2.05, 4.69) is 38.8 Å². The Morgan fingerprint density at radius 3 is 2.63 bits per heavy atom. The first-order valence-corrected chi connectivity index (χ1v) is 10.1. The Balaban J connectivity index is 1.92. The number of nitrogens with zero attached hydrogens (tertiary/aromatic N) is 3. The molecule has 0 saturated heterocycles. The third-order valence-electron chi connectivity index (χ3n) is 3.98. The molecule has 0 radical (unpaired) electrons. The molecule has 27 heavy (non-hydrogen) atoms. The minimum absolute atomic E-state index is 0.609. The Morgan fingerprint density at radius 1 is 1.11 bits per heavy atom. The van der Waals surface area contributed by atoms with E-state index in [0.29, 0.717) is 12.3 Å². The van der Waals surface area contributed by atoms with Crippen LogP contribution < -0.4 is 9.47 Å². The van der Waals surface area contributed by atoms with Gasteiger partial charge in [0.05, 0.1) is 19.8 Å². The van der Waals surface area contributed by atoms with Gasteiger partial charge in [0.2, 0.25) is 0 Å². The maximum absolute atomic E-state index is 5.48. The molecular formula is C20H20BrN3O2S. The molecule has 5 nitrogen and oxygen atoms in total. The zero-order valence-electron chi connectivity index (χ0n) is 15.2. The summed E-state index contributed by atoms with van der Waals surface area (Å²) >= 11 is 5.12. The summed E-state index contributed by atoms with van der Waals surface area (Å²) in [5, 5.41) is 9.63. The highest BCUT2D eigenvalue weighted by Crippen LogP contribution is 2.33. The van der Waals surface area contributed by atoms with Crippen molar-refractivity contribution in [2.24, 2.45) is 0 Å². The van der Waals surface area contributed by atoms with Crippen molar-refractivity contribution in [3.8, 4) is 22.9 Å². The lowest BCUT2D eigenvalue weighted by Gasteiger charge is -2.11. The van der Waals surface area contributed by atoms with Crippen molar-refractivity contribution in [2.45, 2.75) is 17.5 Å². The molecular weight excluding hydrogens is 426 g/mol. The van der Waals surface area contributed by atoms with E-state index in [-0.39, 0.29) is 0 Å². The number of ether oxygens (including phenoxy) is 2. The fourth-order valence-electron chi connectivity index (χ4n) is 2.72. The summed E-state index contributed by atoms with van der Waals surface area (Å²) in [5.41, 5.74) is 1.99.